The van der Waals surface area contributed by atoms with E-state index in [1.165, 1.54) is 11.6 Å². The second kappa shape index (κ2) is 6.52. The van der Waals surface area contributed by atoms with E-state index in [2.05, 4.69) is 28.2 Å². The fraction of sp³-hybridized carbons (Fsp3) is 0.250. The van der Waals surface area contributed by atoms with Crippen LogP contribution < -0.4 is 5.32 Å². The summed E-state index contributed by atoms with van der Waals surface area (Å²) in [6.45, 7) is 2.55. The van der Waals surface area contributed by atoms with Crippen molar-refractivity contribution in [3.63, 3.8) is 0 Å². The first-order chi connectivity index (χ1) is 9.90. The van der Waals surface area contributed by atoms with E-state index in [0.29, 0.717) is 16.7 Å². The standard InChI is InChI=1S/C16H15BrF3N/c1-2-11-3-5-12(6-4-11)10-21-15-9-13(16(18,19)20)7-8-14(15)17/h3-9,21H,2,10H2,1H3. The van der Waals surface area contributed by atoms with E-state index < -0.39 is 11.7 Å². The zero-order chi connectivity index (χ0) is 15.5. The van der Waals surface area contributed by atoms with Gasteiger partial charge in [0.1, 0.15) is 0 Å². The van der Waals surface area contributed by atoms with Crippen molar-refractivity contribution in [3.05, 3.63) is 63.6 Å². The number of hydrogen-bond donors (Lipinski definition) is 1. The predicted octanol–water partition coefficient (Wildman–Crippen LogP) is 5.64. The Kier molecular flexibility index (Phi) is 4.93. The van der Waals surface area contributed by atoms with Crippen LogP contribution >= 0.6 is 15.9 Å². The van der Waals surface area contributed by atoms with Crippen molar-refractivity contribution in [2.75, 3.05) is 5.32 Å². The molecule has 0 aliphatic rings. The topological polar surface area (TPSA) is 12.0 Å². The average molecular weight is 358 g/mol. The molecule has 0 spiro atoms. The largest absolute Gasteiger partial charge is 0.416 e. The summed E-state index contributed by atoms with van der Waals surface area (Å²) in [5.74, 6) is 0. The summed E-state index contributed by atoms with van der Waals surface area (Å²) in [7, 11) is 0. The number of halogens is 4. The Bertz CT molecular complexity index is 606. The summed E-state index contributed by atoms with van der Waals surface area (Å²) in [4.78, 5) is 0. The maximum Gasteiger partial charge on any atom is 0.416 e. The molecule has 0 unspecified atom stereocenters. The highest BCUT2D eigenvalue weighted by molar-refractivity contribution is 9.10. The lowest BCUT2D eigenvalue weighted by Crippen LogP contribution is -2.07. The van der Waals surface area contributed by atoms with Crippen LogP contribution in [0.1, 0.15) is 23.6 Å². The lowest BCUT2D eigenvalue weighted by molar-refractivity contribution is -0.137. The molecule has 0 heterocycles. The van der Waals surface area contributed by atoms with Crippen LogP contribution in [0, 0.1) is 0 Å². The molecule has 2 aromatic rings. The fourth-order valence-electron chi connectivity index (χ4n) is 1.93. The Morgan fingerprint density at radius 3 is 2.19 bits per heavy atom. The molecule has 0 bridgehead atoms. The van der Waals surface area contributed by atoms with Crippen molar-refractivity contribution < 1.29 is 13.2 Å². The van der Waals surface area contributed by atoms with Gasteiger partial charge in [0.2, 0.25) is 0 Å². The third-order valence-electron chi connectivity index (χ3n) is 3.21. The van der Waals surface area contributed by atoms with Gasteiger partial charge < -0.3 is 5.32 Å². The third kappa shape index (κ3) is 4.24. The van der Waals surface area contributed by atoms with E-state index in [9.17, 15) is 13.2 Å². The Morgan fingerprint density at radius 1 is 1.00 bits per heavy atom. The number of alkyl halides is 3. The molecule has 1 N–H and O–H groups in total. The summed E-state index contributed by atoms with van der Waals surface area (Å²) in [5, 5.41) is 3.03. The minimum absolute atomic E-state index is 0.435. The summed E-state index contributed by atoms with van der Waals surface area (Å²) < 4.78 is 38.7. The first-order valence-corrected chi connectivity index (χ1v) is 7.38. The number of nitrogens with one attached hydrogen (secondary N) is 1. The lowest BCUT2D eigenvalue weighted by Gasteiger charge is -2.13. The van der Waals surface area contributed by atoms with Gasteiger partial charge in [-0.1, -0.05) is 31.2 Å². The molecule has 112 valence electrons. The van der Waals surface area contributed by atoms with Crippen LogP contribution in [0.25, 0.3) is 0 Å². The number of anilines is 1. The monoisotopic (exact) mass is 357 g/mol. The molecule has 5 heteroatoms. The van der Waals surface area contributed by atoms with Crippen molar-refractivity contribution in [3.8, 4) is 0 Å². The first-order valence-electron chi connectivity index (χ1n) is 6.58. The highest BCUT2D eigenvalue weighted by Gasteiger charge is 2.30. The van der Waals surface area contributed by atoms with Gasteiger partial charge in [-0.05, 0) is 51.7 Å². The molecule has 0 fully saturated rings. The van der Waals surface area contributed by atoms with Crippen LogP contribution in [0.3, 0.4) is 0 Å². The summed E-state index contributed by atoms with van der Waals surface area (Å²) in [6, 6.07) is 11.6. The molecule has 0 saturated heterocycles. The van der Waals surface area contributed by atoms with Crippen LogP contribution in [0.5, 0.6) is 0 Å². The molecule has 0 saturated carbocycles. The minimum atomic E-state index is -4.33. The molecule has 0 radical (unpaired) electrons. The third-order valence-corrected chi connectivity index (χ3v) is 3.90. The van der Waals surface area contributed by atoms with Crippen LogP contribution in [0.2, 0.25) is 0 Å². The number of rotatable bonds is 4. The van der Waals surface area contributed by atoms with Gasteiger partial charge >= 0.3 is 6.18 Å². The Morgan fingerprint density at radius 2 is 1.62 bits per heavy atom. The van der Waals surface area contributed by atoms with Crippen LogP contribution in [-0.2, 0) is 19.1 Å². The molecular formula is C16H15BrF3N. The molecule has 0 atom stereocenters. The molecule has 2 aromatic carbocycles. The molecule has 2 rings (SSSR count). The van der Waals surface area contributed by atoms with Gasteiger partial charge in [-0.15, -0.1) is 0 Å². The van der Waals surface area contributed by atoms with Gasteiger partial charge in [-0.3, -0.25) is 0 Å². The molecular weight excluding hydrogens is 343 g/mol. The van der Waals surface area contributed by atoms with Crippen molar-refractivity contribution in [2.24, 2.45) is 0 Å². The molecule has 21 heavy (non-hydrogen) atoms. The summed E-state index contributed by atoms with van der Waals surface area (Å²) >= 11 is 3.26. The second-order valence-corrected chi connectivity index (χ2v) is 5.57. The zero-order valence-electron chi connectivity index (χ0n) is 11.5. The summed E-state index contributed by atoms with van der Waals surface area (Å²) in [5.41, 5.74) is 2.04. The fourth-order valence-corrected chi connectivity index (χ4v) is 2.31. The zero-order valence-corrected chi connectivity index (χ0v) is 13.1. The maximum atomic E-state index is 12.7. The predicted molar refractivity (Wildman–Crippen MR) is 82.3 cm³/mol. The van der Waals surface area contributed by atoms with Gasteiger partial charge in [0.15, 0.2) is 0 Å². The van der Waals surface area contributed by atoms with Crippen molar-refractivity contribution in [1.82, 2.24) is 0 Å². The van der Waals surface area contributed by atoms with E-state index in [4.69, 9.17) is 0 Å². The normalized spacial score (nSPS) is 11.5. The van der Waals surface area contributed by atoms with E-state index in [1.54, 1.807) is 0 Å². The van der Waals surface area contributed by atoms with Gasteiger partial charge in [0.25, 0.3) is 0 Å². The highest BCUT2D eigenvalue weighted by Crippen LogP contribution is 2.34. The quantitative estimate of drug-likeness (QED) is 0.746. The Labute approximate surface area is 130 Å². The SMILES string of the molecule is CCc1ccc(CNc2cc(C(F)(F)F)ccc2Br)cc1. The number of aryl methyl sites for hydroxylation is 1. The van der Waals surface area contributed by atoms with Gasteiger partial charge in [0.05, 0.1) is 5.56 Å². The van der Waals surface area contributed by atoms with Gasteiger partial charge in [-0.25, -0.2) is 0 Å². The lowest BCUT2D eigenvalue weighted by atomic mass is 10.1. The smallest absolute Gasteiger partial charge is 0.380 e. The average Bonchev–Trinajstić information content (AvgIpc) is 2.45. The van der Waals surface area contributed by atoms with E-state index in [1.807, 2.05) is 24.3 Å². The number of benzene rings is 2. The Balaban J connectivity index is 2.11. The van der Waals surface area contributed by atoms with Crippen molar-refractivity contribution >= 4 is 21.6 Å². The van der Waals surface area contributed by atoms with Crippen molar-refractivity contribution in [2.45, 2.75) is 26.1 Å². The molecule has 1 nitrogen and oxygen atoms in total. The van der Waals surface area contributed by atoms with E-state index >= 15 is 0 Å². The maximum absolute atomic E-state index is 12.7. The van der Waals surface area contributed by atoms with E-state index in [0.717, 1.165) is 24.1 Å². The van der Waals surface area contributed by atoms with Crippen LogP contribution in [0.15, 0.2) is 46.9 Å². The van der Waals surface area contributed by atoms with Gasteiger partial charge in [0, 0.05) is 16.7 Å². The van der Waals surface area contributed by atoms with Crippen LogP contribution in [-0.4, -0.2) is 0 Å². The molecule has 0 amide bonds. The Hall–Kier alpha value is -1.49. The molecule has 0 aromatic heterocycles. The number of hydrogen-bond acceptors (Lipinski definition) is 1. The highest BCUT2D eigenvalue weighted by atomic mass is 79.9. The minimum Gasteiger partial charge on any atom is -0.380 e. The first kappa shape index (κ1) is 15.9. The van der Waals surface area contributed by atoms with Crippen LogP contribution in [0.4, 0.5) is 18.9 Å². The van der Waals surface area contributed by atoms with Gasteiger partial charge in [-0.2, -0.15) is 13.2 Å². The van der Waals surface area contributed by atoms with Crippen molar-refractivity contribution in [1.29, 1.82) is 0 Å². The molecule has 0 aliphatic heterocycles. The molecule has 0 aliphatic carbocycles. The summed E-state index contributed by atoms with van der Waals surface area (Å²) in [6.07, 6.45) is -3.37. The second-order valence-electron chi connectivity index (χ2n) is 4.72. The van der Waals surface area contributed by atoms with E-state index in [-0.39, 0.29) is 0 Å².